The molecular formula is C10H18O2. The summed E-state index contributed by atoms with van der Waals surface area (Å²) in [5.74, 6) is 0.606. The van der Waals surface area contributed by atoms with E-state index in [9.17, 15) is 4.79 Å². The van der Waals surface area contributed by atoms with Gasteiger partial charge in [0.2, 0.25) is 0 Å². The molecule has 0 saturated carbocycles. The molecule has 2 unspecified atom stereocenters. The first kappa shape index (κ1) is 9.72. The first-order valence-electron chi connectivity index (χ1n) is 4.86. The quantitative estimate of drug-likeness (QED) is 0.649. The number of hydrogen-bond donors (Lipinski definition) is 0. The number of carbonyl (C=O) groups is 1. The van der Waals surface area contributed by atoms with Crippen molar-refractivity contribution in [3.05, 3.63) is 0 Å². The van der Waals surface area contributed by atoms with Crippen molar-refractivity contribution in [2.75, 3.05) is 6.61 Å². The predicted octanol–water partition coefficient (Wildman–Crippen LogP) is 2.17. The minimum absolute atomic E-state index is 0.273. The van der Waals surface area contributed by atoms with Crippen molar-refractivity contribution in [3.8, 4) is 0 Å². The summed E-state index contributed by atoms with van der Waals surface area (Å²) in [5.41, 5.74) is 0. The van der Waals surface area contributed by atoms with E-state index < -0.39 is 0 Å². The van der Waals surface area contributed by atoms with E-state index in [0.29, 0.717) is 11.9 Å². The van der Waals surface area contributed by atoms with Crippen molar-refractivity contribution >= 4 is 5.78 Å². The van der Waals surface area contributed by atoms with Crippen molar-refractivity contribution in [1.29, 1.82) is 0 Å². The summed E-state index contributed by atoms with van der Waals surface area (Å²) in [6.45, 7) is 4.62. The highest BCUT2D eigenvalue weighted by Gasteiger charge is 2.24. The molecule has 2 nitrogen and oxygen atoms in total. The van der Waals surface area contributed by atoms with Crippen molar-refractivity contribution in [1.82, 2.24) is 0 Å². The van der Waals surface area contributed by atoms with Gasteiger partial charge in [-0.05, 0) is 26.2 Å². The number of ketones is 1. The van der Waals surface area contributed by atoms with E-state index in [2.05, 4.69) is 6.92 Å². The molecule has 1 heterocycles. The largest absolute Gasteiger partial charge is 0.378 e. The summed E-state index contributed by atoms with van der Waals surface area (Å²) >= 11 is 0. The monoisotopic (exact) mass is 170 g/mol. The second kappa shape index (κ2) is 4.61. The van der Waals surface area contributed by atoms with Gasteiger partial charge in [0.1, 0.15) is 5.78 Å². The van der Waals surface area contributed by atoms with E-state index in [4.69, 9.17) is 4.74 Å². The Hall–Kier alpha value is -0.370. The fraction of sp³-hybridized carbons (Fsp3) is 0.900. The average Bonchev–Trinajstić information content (AvgIpc) is 2.05. The topological polar surface area (TPSA) is 26.3 Å². The second-order valence-corrected chi connectivity index (χ2v) is 3.61. The number of ether oxygens (including phenoxy) is 1. The standard InChI is InChI=1S/C10H18O2/c1-3-4-10-7-9(8(2)11)5-6-12-10/h9-10H,3-7H2,1-2H3. The first-order chi connectivity index (χ1) is 5.74. The van der Waals surface area contributed by atoms with Crippen LogP contribution in [0.5, 0.6) is 0 Å². The molecule has 0 amide bonds. The Bertz CT molecular complexity index is 152. The van der Waals surface area contributed by atoms with E-state index in [1.165, 1.54) is 0 Å². The van der Waals surface area contributed by atoms with Gasteiger partial charge in [-0.25, -0.2) is 0 Å². The highest BCUT2D eigenvalue weighted by Crippen LogP contribution is 2.23. The van der Waals surface area contributed by atoms with E-state index in [0.717, 1.165) is 32.3 Å². The molecule has 2 atom stereocenters. The van der Waals surface area contributed by atoms with Gasteiger partial charge in [-0.3, -0.25) is 4.79 Å². The summed E-state index contributed by atoms with van der Waals surface area (Å²) in [5, 5.41) is 0. The Morgan fingerprint density at radius 2 is 2.33 bits per heavy atom. The average molecular weight is 170 g/mol. The second-order valence-electron chi connectivity index (χ2n) is 3.61. The fourth-order valence-corrected chi connectivity index (χ4v) is 1.77. The van der Waals surface area contributed by atoms with Crippen LogP contribution in [0, 0.1) is 5.92 Å². The SMILES string of the molecule is CCCC1CC(C(C)=O)CCO1. The van der Waals surface area contributed by atoms with Crippen molar-refractivity contribution in [2.45, 2.75) is 45.6 Å². The molecule has 1 saturated heterocycles. The Morgan fingerprint density at radius 1 is 1.58 bits per heavy atom. The molecule has 1 aliphatic heterocycles. The molecule has 1 aliphatic rings. The highest BCUT2D eigenvalue weighted by atomic mass is 16.5. The zero-order chi connectivity index (χ0) is 8.97. The third-order valence-electron chi connectivity index (χ3n) is 2.55. The minimum atomic E-state index is 0.273. The van der Waals surface area contributed by atoms with Crippen molar-refractivity contribution in [3.63, 3.8) is 0 Å². The lowest BCUT2D eigenvalue weighted by Crippen LogP contribution is -2.29. The van der Waals surface area contributed by atoms with Crippen LogP contribution in [0.4, 0.5) is 0 Å². The fourth-order valence-electron chi connectivity index (χ4n) is 1.77. The van der Waals surface area contributed by atoms with Gasteiger partial charge in [0.25, 0.3) is 0 Å². The molecule has 0 radical (unpaired) electrons. The third kappa shape index (κ3) is 2.59. The molecule has 0 aromatic heterocycles. The maximum Gasteiger partial charge on any atom is 0.133 e. The highest BCUT2D eigenvalue weighted by molar-refractivity contribution is 5.78. The maximum absolute atomic E-state index is 11.1. The van der Waals surface area contributed by atoms with Crippen LogP contribution in [0.1, 0.15) is 39.5 Å². The van der Waals surface area contributed by atoms with Crippen LogP contribution in [0.25, 0.3) is 0 Å². The van der Waals surface area contributed by atoms with Crippen LogP contribution in [-0.4, -0.2) is 18.5 Å². The smallest absolute Gasteiger partial charge is 0.133 e. The number of Topliss-reactive ketones (excluding diaryl/α,β-unsaturated/α-hetero) is 1. The maximum atomic E-state index is 11.1. The molecule has 0 N–H and O–H groups in total. The lowest BCUT2D eigenvalue weighted by Gasteiger charge is -2.27. The third-order valence-corrected chi connectivity index (χ3v) is 2.55. The normalized spacial score (nSPS) is 30.2. The Morgan fingerprint density at radius 3 is 2.92 bits per heavy atom. The first-order valence-corrected chi connectivity index (χ1v) is 4.86. The summed E-state index contributed by atoms with van der Waals surface area (Å²) in [6.07, 6.45) is 4.47. The minimum Gasteiger partial charge on any atom is -0.378 e. The molecular weight excluding hydrogens is 152 g/mol. The van der Waals surface area contributed by atoms with Crippen LogP contribution in [0.15, 0.2) is 0 Å². The molecule has 1 rings (SSSR count). The van der Waals surface area contributed by atoms with Crippen LogP contribution in [0.2, 0.25) is 0 Å². The molecule has 0 aromatic rings. The summed E-state index contributed by atoms with van der Waals surface area (Å²) in [7, 11) is 0. The zero-order valence-corrected chi connectivity index (χ0v) is 8.01. The van der Waals surface area contributed by atoms with Gasteiger partial charge in [0.05, 0.1) is 6.10 Å². The summed E-state index contributed by atoms with van der Waals surface area (Å²) < 4.78 is 5.55. The Balaban J connectivity index is 2.35. The van der Waals surface area contributed by atoms with Gasteiger partial charge in [-0.2, -0.15) is 0 Å². The van der Waals surface area contributed by atoms with Gasteiger partial charge in [0.15, 0.2) is 0 Å². The van der Waals surface area contributed by atoms with Gasteiger partial charge in [-0.15, -0.1) is 0 Å². The van der Waals surface area contributed by atoms with Crippen LogP contribution in [0.3, 0.4) is 0 Å². The summed E-state index contributed by atoms with van der Waals surface area (Å²) in [6, 6.07) is 0. The number of carbonyl (C=O) groups excluding carboxylic acids is 1. The number of rotatable bonds is 3. The predicted molar refractivity (Wildman–Crippen MR) is 48.1 cm³/mol. The molecule has 70 valence electrons. The molecule has 12 heavy (non-hydrogen) atoms. The van der Waals surface area contributed by atoms with Crippen molar-refractivity contribution < 1.29 is 9.53 Å². The van der Waals surface area contributed by atoms with E-state index in [-0.39, 0.29) is 5.92 Å². The van der Waals surface area contributed by atoms with E-state index in [1.54, 1.807) is 6.92 Å². The van der Waals surface area contributed by atoms with Gasteiger partial charge in [0, 0.05) is 12.5 Å². The lowest BCUT2D eigenvalue weighted by atomic mass is 9.91. The van der Waals surface area contributed by atoms with Gasteiger partial charge >= 0.3 is 0 Å². The van der Waals surface area contributed by atoms with Crippen molar-refractivity contribution in [2.24, 2.45) is 5.92 Å². The Kier molecular flexibility index (Phi) is 3.73. The van der Waals surface area contributed by atoms with Crippen LogP contribution in [-0.2, 0) is 9.53 Å². The molecule has 0 aromatic carbocycles. The molecule has 1 fully saturated rings. The zero-order valence-electron chi connectivity index (χ0n) is 8.01. The molecule has 0 spiro atoms. The van der Waals surface area contributed by atoms with Crippen LogP contribution >= 0.6 is 0 Å². The van der Waals surface area contributed by atoms with E-state index in [1.807, 2.05) is 0 Å². The Labute approximate surface area is 74.3 Å². The van der Waals surface area contributed by atoms with Gasteiger partial charge in [-0.1, -0.05) is 13.3 Å². The summed E-state index contributed by atoms with van der Waals surface area (Å²) in [4.78, 5) is 11.1. The van der Waals surface area contributed by atoms with Crippen LogP contribution < -0.4 is 0 Å². The number of hydrogen-bond acceptors (Lipinski definition) is 2. The molecule has 2 heteroatoms. The molecule has 0 aliphatic carbocycles. The lowest BCUT2D eigenvalue weighted by molar-refractivity contribution is -0.125. The van der Waals surface area contributed by atoms with Gasteiger partial charge < -0.3 is 4.74 Å². The van der Waals surface area contributed by atoms with E-state index >= 15 is 0 Å². The molecule has 0 bridgehead atoms.